The van der Waals surface area contributed by atoms with Crippen molar-refractivity contribution in [2.75, 3.05) is 39.2 Å². The summed E-state index contributed by atoms with van der Waals surface area (Å²) in [5.41, 5.74) is 2.37. The van der Waals surface area contributed by atoms with Crippen LogP contribution in [-0.4, -0.2) is 49.9 Å². The molecule has 7 heteroatoms. The molecule has 1 heterocycles. The van der Waals surface area contributed by atoms with Gasteiger partial charge in [-0.1, -0.05) is 26.0 Å². The standard InChI is InChI=1S/C21H35N3O2S.HI/c1-5-11-26-19-14-17(3)7-8-18(19)15-23-20(22-4)24-16-21(27-6-2)9-12-25-13-10-21;/h7-8,14H,5-6,9-13,15-16H2,1-4H3,(H2,22,23,24);1H. The smallest absolute Gasteiger partial charge is 0.191 e. The molecule has 28 heavy (non-hydrogen) atoms. The second kappa shape index (κ2) is 13.5. The van der Waals surface area contributed by atoms with Gasteiger partial charge in [-0.3, -0.25) is 4.99 Å². The van der Waals surface area contributed by atoms with Crippen molar-refractivity contribution in [3.63, 3.8) is 0 Å². The molecule has 1 aromatic carbocycles. The zero-order chi connectivity index (χ0) is 19.5. The van der Waals surface area contributed by atoms with Gasteiger partial charge in [-0.15, -0.1) is 24.0 Å². The molecule has 0 atom stereocenters. The summed E-state index contributed by atoms with van der Waals surface area (Å²) in [6.07, 6.45) is 3.18. The van der Waals surface area contributed by atoms with Gasteiger partial charge in [0.2, 0.25) is 0 Å². The van der Waals surface area contributed by atoms with Crippen molar-refractivity contribution in [3.8, 4) is 5.75 Å². The number of hydrogen-bond acceptors (Lipinski definition) is 4. The van der Waals surface area contributed by atoms with Gasteiger partial charge >= 0.3 is 0 Å². The number of aryl methyl sites for hydroxylation is 1. The molecule has 1 aliphatic rings. The van der Waals surface area contributed by atoms with Crippen molar-refractivity contribution >= 4 is 41.7 Å². The van der Waals surface area contributed by atoms with Crippen LogP contribution in [0.2, 0.25) is 0 Å². The van der Waals surface area contributed by atoms with E-state index in [1.165, 1.54) is 5.56 Å². The lowest BCUT2D eigenvalue weighted by Gasteiger charge is -2.37. The summed E-state index contributed by atoms with van der Waals surface area (Å²) < 4.78 is 11.7. The quantitative estimate of drug-likeness (QED) is 0.287. The number of benzene rings is 1. The highest BCUT2D eigenvalue weighted by Crippen LogP contribution is 2.34. The third-order valence-corrected chi connectivity index (χ3v) is 6.24. The molecule has 0 radical (unpaired) electrons. The molecular weight excluding hydrogens is 485 g/mol. The SMILES string of the molecule is CCCOc1cc(C)ccc1CNC(=NC)NCC1(SCC)CCOCC1.I. The fraction of sp³-hybridized carbons (Fsp3) is 0.667. The summed E-state index contributed by atoms with van der Waals surface area (Å²) in [6.45, 7) is 10.5. The highest BCUT2D eigenvalue weighted by Gasteiger charge is 2.32. The summed E-state index contributed by atoms with van der Waals surface area (Å²) in [5.74, 6) is 2.91. The van der Waals surface area contributed by atoms with Gasteiger partial charge in [0.05, 0.1) is 6.61 Å². The lowest BCUT2D eigenvalue weighted by molar-refractivity contribution is 0.0782. The summed E-state index contributed by atoms with van der Waals surface area (Å²) in [7, 11) is 1.82. The average Bonchev–Trinajstić information content (AvgIpc) is 2.68. The number of ether oxygens (including phenoxy) is 2. The predicted molar refractivity (Wildman–Crippen MR) is 131 cm³/mol. The third-order valence-electron chi connectivity index (χ3n) is 4.79. The minimum atomic E-state index is 0. The van der Waals surface area contributed by atoms with Crippen LogP contribution in [0.4, 0.5) is 0 Å². The minimum Gasteiger partial charge on any atom is -0.493 e. The van der Waals surface area contributed by atoms with E-state index < -0.39 is 0 Å². The molecule has 5 nitrogen and oxygen atoms in total. The van der Waals surface area contributed by atoms with Crippen LogP contribution in [0.5, 0.6) is 5.75 Å². The molecule has 0 spiro atoms. The first-order valence-electron chi connectivity index (χ1n) is 10.0. The second-order valence-electron chi connectivity index (χ2n) is 6.97. The van der Waals surface area contributed by atoms with Gasteiger partial charge in [-0.25, -0.2) is 0 Å². The molecule has 0 saturated carbocycles. The zero-order valence-electron chi connectivity index (χ0n) is 17.7. The normalized spacial score (nSPS) is 16.2. The summed E-state index contributed by atoms with van der Waals surface area (Å²) >= 11 is 2.03. The van der Waals surface area contributed by atoms with E-state index in [1.807, 2.05) is 18.8 Å². The summed E-state index contributed by atoms with van der Waals surface area (Å²) in [4.78, 5) is 4.40. The van der Waals surface area contributed by atoms with Gasteiger partial charge < -0.3 is 20.1 Å². The van der Waals surface area contributed by atoms with Crippen molar-refractivity contribution in [3.05, 3.63) is 29.3 Å². The Kier molecular flexibility index (Phi) is 12.3. The van der Waals surface area contributed by atoms with E-state index in [2.05, 4.69) is 54.6 Å². The Labute approximate surface area is 191 Å². The van der Waals surface area contributed by atoms with Crippen molar-refractivity contribution in [1.82, 2.24) is 10.6 Å². The maximum Gasteiger partial charge on any atom is 0.191 e. The Morgan fingerprint density at radius 3 is 2.64 bits per heavy atom. The Morgan fingerprint density at radius 2 is 2.00 bits per heavy atom. The van der Waals surface area contributed by atoms with Gasteiger partial charge in [0, 0.05) is 43.7 Å². The first-order valence-corrected chi connectivity index (χ1v) is 11.0. The van der Waals surface area contributed by atoms with E-state index in [0.29, 0.717) is 6.54 Å². The Hall–Kier alpha value is -0.670. The average molecular weight is 522 g/mol. The Balaban J connectivity index is 0.00000392. The molecule has 0 aromatic heterocycles. The Bertz CT molecular complexity index is 602. The molecule has 1 aromatic rings. The van der Waals surface area contributed by atoms with Crippen LogP contribution in [0.25, 0.3) is 0 Å². The molecule has 1 saturated heterocycles. The van der Waals surface area contributed by atoms with Gasteiger partial charge in [-0.2, -0.15) is 11.8 Å². The van der Waals surface area contributed by atoms with Crippen LogP contribution in [-0.2, 0) is 11.3 Å². The minimum absolute atomic E-state index is 0. The third kappa shape index (κ3) is 7.99. The monoisotopic (exact) mass is 521 g/mol. The van der Waals surface area contributed by atoms with Crippen molar-refractivity contribution < 1.29 is 9.47 Å². The van der Waals surface area contributed by atoms with Gasteiger partial charge in [0.15, 0.2) is 5.96 Å². The largest absolute Gasteiger partial charge is 0.493 e. The molecule has 1 aliphatic heterocycles. The fourth-order valence-corrected chi connectivity index (χ4v) is 4.46. The molecule has 1 fully saturated rings. The zero-order valence-corrected chi connectivity index (χ0v) is 20.8. The number of hydrogen-bond donors (Lipinski definition) is 2. The maximum atomic E-state index is 5.92. The van der Waals surface area contributed by atoms with E-state index in [-0.39, 0.29) is 28.7 Å². The number of thioether (sulfide) groups is 1. The van der Waals surface area contributed by atoms with Gasteiger partial charge in [-0.05, 0) is 43.6 Å². The van der Waals surface area contributed by atoms with Crippen LogP contribution in [0.3, 0.4) is 0 Å². The molecule has 0 unspecified atom stereocenters. The van der Waals surface area contributed by atoms with Crippen LogP contribution in [0, 0.1) is 6.92 Å². The number of halogens is 1. The van der Waals surface area contributed by atoms with Crippen molar-refractivity contribution in [2.24, 2.45) is 4.99 Å². The van der Waals surface area contributed by atoms with E-state index in [0.717, 1.165) is 68.7 Å². The number of guanidine groups is 1. The number of aliphatic imine (C=N–C) groups is 1. The first-order chi connectivity index (χ1) is 13.1. The first kappa shape index (κ1) is 25.4. The highest BCUT2D eigenvalue weighted by molar-refractivity contribution is 14.0. The lowest BCUT2D eigenvalue weighted by Crippen LogP contribution is -2.48. The summed E-state index contributed by atoms with van der Waals surface area (Å²) in [6, 6.07) is 6.37. The molecule has 0 aliphatic carbocycles. The van der Waals surface area contributed by atoms with Crippen molar-refractivity contribution in [1.29, 1.82) is 0 Å². The van der Waals surface area contributed by atoms with Gasteiger partial charge in [0.1, 0.15) is 5.75 Å². The van der Waals surface area contributed by atoms with Crippen molar-refractivity contribution in [2.45, 2.75) is 51.3 Å². The molecule has 2 rings (SSSR count). The van der Waals surface area contributed by atoms with E-state index in [4.69, 9.17) is 9.47 Å². The Morgan fingerprint density at radius 1 is 1.25 bits per heavy atom. The molecular formula is C21H36IN3O2S. The van der Waals surface area contributed by atoms with Crippen LogP contribution in [0.1, 0.15) is 44.2 Å². The van der Waals surface area contributed by atoms with E-state index in [9.17, 15) is 0 Å². The number of rotatable bonds is 9. The molecule has 0 amide bonds. The predicted octanol–water partition coefficient (Wildman–Crippen LogP) is 4.37. The molecule has 2 N–H and O–H groups in total. The topological polar surface area (TPSA) is 54.9 Å². The van der Waals surface area contributed by atoms with Gasteiger partial charge in [0.25, 0.3) is 0 Å². The maximum absolute atomic E-state index is 5.92. The lowest BCUT2D eigenvalue weighted by atomic mass is 9.99. The summed E-state index contributed by atoms with van der Waals surface area (Å²) in [5, 5.41) is 6.97. The van der Waals surface area contributed by atoms with Crippen LogP contribution < -0.4 is 15.4 Å². The van der Waals surface area contributed by atoms with E-state index >= 15 is 0 Å². The number of nitrogens with zero attached hydrogens (tertiary/aromatic N) is 1. The molecule has 160 valence electrons. The van der Waals surface area contributed by atoms with Crippen LogP contribution >= 0.6 is 35.7 Å². The number of nitrogens with one attached hydrogen (secondary N) is 2. The van der Waals surface area contributed by atoms with Crippen LogP contribution in [0.15, 0.2) is 23.2 Å². The molecule has 0 bridgehead atoms. The highest BCUT2D eigenvalue weighted by atomic mass is 127. The van der Waals surface area contributed by atoms with E-state index in [1.54, 1.807) is 0 Å². The second-order valence-corrected chi connectivity index (χ2v) is 8.70. The fourth-order valence-electron chi connectivity index (χ4n) is 3.22.